The molecule has 2 heterocycles. The molecule has 4 rings (SSSR count). The molecule has 7 heteroatoms. The molecular formula is C24H27N3O3S. The average Bonchev–Trinajstić information content (AvgIpc) is 3.08. The summed E-state index contributed by atoms with van der Waals surface area (Å²) in [6.07, 6.45) is 0.686. The van der Waals surface area contributed by atoms with Crippen molar-refractivity contribution in [3.63, 3.8) is 0 Å². The molecule has 0 fully saturated rings. The molecule has 1 aliphatic heterocycles. The van der Waals surface area contributed by atoms with Crippen molar-refractivity contribution in [2.24, 2.45) is 7.05 Å². The molecular weight excluding hydrogens is 410 g/mol. The summed E-state index contributed by atoms with van der Waals surface area (Å²) in [5.74, 6) is -0.292. The summed E-state index contributed by atoms with van der Waals surface area (Å²) in [6.45, 7) is 4.91. The summed E-state index contributed by atoms with van der Waals surface area (Å²) in [5.41, 5.74) is 5.24. The Balaban J connectivity index is 1.57. The maximum atomic E-state index is 13.4. The lowest BCUT2D eigenvalue weighted by Gasteiger charge is -2.28. The Hall–Kier alpha value is -2.90. The summed E-state index contributed by atoms with van der Waals surface area (Å²) in [7, 11) is -1.99. The van der Waals surface area contributed by atoms with Crippen LogP contribution in [0.2, 0.25) is 0 Å². The van der Waals surface area contributed by atoms with Crippen molar-refractivity contribution in [3.05, 3.63) is 88.2 Å². The van der Waals surface area contributed by atoms with Gasteiger partial charge in [-0.15, -0.1) is 0 Å². The number of aromatic nitrogens is 1. The van der Waals surface area contributed by atoms with Gasteiger partial charge in [0, 0.05) is 32.4 Å². The van der Waals surface area contributed by atoms with Crippen LogP contribution in [0.5, 0.6) is 0 Å². The van der Waals surface area contributed by atoms with Crippen molar-refractivity contribution >= 4 is 15.9 Å². The van der Waals surface area contributed by atoms with E-state index in [-0.39, 0.29) is 10.8 Å². The zero-order chi connectivity index (χ0) is 22.2. The molecule has 0 saturated heterocycles. The molecule has 1 aromatic heterocycles. The van der Waals surface area contributed by atoms with Crippen LogP contribution in [-0.2, 0) is 36.6 Å². The van der Waals surface area contributed by atoms with E-state index in [9.17, 15) is 13.2 Å². The van der Waals surface area contributed by atoms with Crippen LogP contribution in [0.4, 0.5) is 0 Å². The van der Waals surface area contributed by atoms with E-state index in [1.165, 1.54) is 15.9 Å². The Morgan fingerprint density at radius 2 is 1.71 bits per heavy atom. The highest BCUT2D eigenvalue weighted by Gasteiger charge is 2.32. The Morgan fingerprint density at radius 1 is 1.03 bits per heavy atom. The number of nitrogens with one attached hydrogen (secondary N) is 1. The van der Waals surface area contributed by atoms with Gasteiger partial charge in [0.2, 0.25) is 10.0 Å². The average molecular weight is 438 g/mol. The van der Waals surface area contributed by atoms with Crippen LogP contribution < -0.4 is 5.32 Å². The maximum Gasteiger partial charge on any atom is 0.268 e. The van der Waals surface area contributed by atoms with Crippen LogP contribution in [0.25, 0.3) is 0 Å². The van der Waals surface area contributed by atoms with Crippen molar-refractivity contribution in [1.29, 1.82) is 0 Å². The van der Waals surface area contributed by atoms with Crippen LogP contribution in [0.15, 0.2) is 59.5 Å². The largest absolute Gasteiger partial charge is 0.347 e. The highest BCUT2D eigenvalue weighted by Crippen LogP contribution is 2.28. The van der Waals surface area contributed by atoms with Crippen molar-refractivity contribution in [1.82, 2.24) is 14.2 Å². The summed E-state index contributed by atoms with van der Waals surface area (Å²) < 4.78 is 30.0. The van der Waals surface area contributed by atoms with Crippen LogP contribution in [-0.4, -0.2) is 29.7 Å². The number of aryl methyl sites for hydroxylation is 1. The van der Waals surface area contributed by atoms with Crippen molar-refractivity contribution in [2.75, 3.05) is 6.54 Å². The Kier molecular flexibility index (Phi) is 5.73. The molecule has 0 radical (unpaired) electrons. The fourth-order valence-electron chi connectivity index (χ4n) is 4.04. The van der Waals surface area contributed by atoms with Gasteiger partial charge in [-0.2, -0.15) is 4.31 Å². The Labute approximate surface area is 183 Å². The van der Waals surface area contributed by atoms with E-state index in [2.05, 4.69) is 5.32 Å². The quantitative estimate of drug-likeness (QED) is 0.666. The molecule has 1 N–H and O–H groups in total. The van der Waals surface area contributed by atoms with E-state index >= 15 is 0 Å². The molecule has 0 bridgehead atoms. The zero-order valence-electron chi connectivity index (χ0n) is 18.1. The fraction of sp³-hybridized carbons (Fsp3) is 0.292. The van der Waals surface area contributed by atoms with Gasteiger partial charge >= 0.3 is 0 Å². The Morgan fingerprint density at radius 3 is 2.45 bits per heavy atom. The molecule has 6 nitrogen and oxygen atoms in total. The molecule has 31 heavy (non-hydrogen) atoms. The van der Waals surface area contributed by atoms with Gasteiger partial charge in [-0.1, -0.05) is 48.5 Å². The predicted molar refractivity (Wildman–Crippen MR) is 120 cm³/mol. The lowest BCUT2D eigenvalue weighted by atomic mass is 10.0. The van der Waals surface area contributed by atoms with Crippen molar-refractivity contribution in [3.8, 4) is 0 Å². The maximum absolute atomic E-state index is 13.4. The third kappa shape index (κ3) is 4.03. The second-order valence-electron chi connectivity index (χ2n) is 8.00. The summed E-state index contributed by atoms with van der Waals surface area (Å²) >= 11 is 0. The van der Waals surface area contributed by atoms with Gasteiger partial charge in [0.05, 0.1) is 0 Å². The molecule has 3 aromatic rings. The smallest absolute Gasteiger partial charge is 0.268 e. The summed E-state index contributed by atoms with van der Waals surface area (Å²) in [4.78, 5) is 13.0. The highest BCUT2D eigenvalue weighted by atomic mass is 32.2. The lowest BCUT2D eigenvalue weighted by molar-refractivity contribution is 0.0942. The number of hydrogen-bond acceptors (Lipinski definition) is 3. The molecule has 0 unspecified atom stereocenters. The van der Waals surface area contributed by atoms with Gasteiger partial charge in [-0.05, 0) is 48.6 Å². The second kappa shape index (κ2) is 8.32. The predicted octanol–water partition coefficient (Wildman–Crippen LogP) is 3.32. The normalized spacial score (nSPS) is 14.3. The lowest BCUT2D eigenvalue weighted by Crippen LogP contribution is -2.36. The Bertz CT molecular complexity index is 1240. The molecule has 1 aliphatic rings. The monoisotopic (exact) mass is 437 g/mol. The van der Waals surface area contributed by atoms with E-state index in [4.69, 9.17) is 0 Å². The fourth-order valence-corrected chi connectivity index (χ4v) is 5.73. The van der Waals surface area contributed by atoms with Crippen LogP contribution in [0.1, 0.15) is 38.4 Å². The molecule has 0 aliphatic carbocycles. The van der Waals surface area contributed by atoms with Gasteiger partial charge in [-0.25, -0.2) is 8.42 Å². The van der Waals surface area contributed by atoms with Crippen molar-refractivity contribution in [2.45, 2.75) is 38.3 Å². The SMILES string of the molecule is Cc1ccccc1CNC(=O)c1cc(S(=O)(=O)N2CCc3ccccc3C2)c(C)n1C. The van der Waals surface area contributed by atoms with E-state index in [1.807, 2.05) is 55.5 Å². The third-order valence-corrected chi connectivity index (χ3v) is 8.10. The minimum Gasteiger partial charge on any atom is -0.347 e. The van der Waals surface area contributed by atoms with Gasteiger partial charge in [0.15, 0.2) is 0 Å². The molecule has 162 valence electrons. The first kappa shape index (κ1) is 21.3. The van der Waals surface area contributed by atoms with E-state index in [0.29, 0.717) is 37.4 Å². The molecule has 0 atom stereocenters. The van der Waals surface area contributed by atoms with E-state index in [0.717, 1.165) is 16.7 Å². The van der Waals surface area contributed by atoms with Gasteiger partial charge in [-0.3, -0.25) is 4.79 Å². The number of fused-ring (bicyclic) bond motifs is 1. The minimum absolute atomic E-state index is 0.190. The summed E-state index contributed by atoms with van der Waals surface area (Å²) in [5, 5.41) is 2.91. The number of sulfonamides is 1. The van der Waals surface area contributed by atoms with Gasteiger partial charge in [0.1, 0.15) is 10.6 Å². The van der Waals surface area contributed by atoms with Crippen LogP contribution >= 0.6 is 0 Å². The molecule has 0 saturated carbocycles. The third-order valence-electron chi connectivity index (χ3n) is 6.14. The topological polar surface area (TPSA) is 71.4 Å². The molecule has 0 spiro atoms. The first-order valence-electron chi connectivity index (χ1n) is 10.3. The first-order valence-corrected chi connectivity index (χ1v) is 11.8. The summed E-state index contributed by atoms with van der Waals surface area (Å²) in [6, 6.07) is 17.3. The van der Waals surface area contributed by atoms with Crippen molar-refractivity contribution < 1.29 is 13.2 Å². The highest BCUT2D eigenvalue weighted by molar-refractivity contribution is 7.89. The number of nitrogens with zero attached hydrogens (tertiary/aromatic N) is 2. The molecule has 2 aromatic carbocycles. The molecule has 1 amide bonds. The zero-order valence-corrected chi connectivity index (χ0v) is 18.9. The van der Waals surface area contributed by atoms with Gasteiger partial charge < -0.3 is 9.88 Å². The number of amides is 1. The van der Waals surface area contributed by atoms with Crippen LogP contribution in [0, 0.1) is 13.8 Å². The standard InChI is InChI=1S/C24H27N3O3S/c1-17-8-4-5-10-20(17)15-25-24(28)22-14-23(18(2)26(22)3)31(29,30)27-13-12-19-9-6-7-11-21(19)16-27/h4-11,14H,12-13,15-16H2,1-3H3,(H,25,28). The number of rotatable bonds is 5. The van der Waals surface area contributed by atoms with Gasteiger partial charge in [0.25, 0.3) is 5.91 Å². The second-order valence-corrected chi connectivity index (χ2v) is 9.91. The van der Waals surface area contributed by atoms with E-state index in [1.54, 1.807) is 18.5 Å². The van der Waals surface area contributed by atoms with Crippen LogP contribution in [0.3, 0.4) is 0 Å². The van der Waals surface area contributed by atoms with E-state index < -0.39 is 10.0 Å². The number of carbonyl (C=O) groups excluding carboxylic acids is 1. The number of hydrogen-bond donors (Lipinski definition) is 1. The number of carbonyl (C=O) groups is 1. The minimum atomic E-state index is -3.71. The first-order chi connectivity index (χ1) is 14.8. The number of benzene rings is 2.